The summed E-state index contributed by atoms with van der Waals surface area (Å²) < 4.78 is 0. The van der Waals surface area contributed by atoms with Crippen molar-refractivity contribution >= 4 is 11.9 Å². The summed E-state index contributed by atoms with van der Waals surface area (Å²) in [5.41, 5.74) is -0.690. The molecule has 96 valence electrons. The molecule has 1 saturated carbocycles. The van der Waals surface area contributed by atoms with Gasteiger partial charge in [0.05, 0.1) is 6.10 Å². The highest BCUT2D eigenvalue weighted by Crippen LogP contribution is 2.36. The van der Waals surface area contributed by atoms with Crippen LogP contribution in [0.1, 0.15) is 45.4 Å². The summed E-state index contributed by atoms with van der Waals surface area (Å²) in [7, 11) is 0. The van der Waals surface area contributed by atoms with Crippen molar-refractivity contribution in [2.75, 3.05) is 6.54 Å². The number of carbonyl (C=O) groups excluding carboxylic acids is 2. The molecule has 2 rings (SSSR count). The molecular formula is C12H20N2O3. The molecule has 5 nitrogen and oxygen atoms in total. The number of rotatable bonds is 2. The Morgan fingerprint density at radius 2 is 1.88 bits per heavy atom. The third kappa shape index (κ3) is 2.16. The standard InChI is InChI=1S/C12H20N2O3/c1-9(15)8-14-11(17)13-10(16)12(14)6-4-2-3-5-7-12/h9,15H,2-8H2,1H3,(H,13,16,17). The van der Waals surface area contributed by atoms with E-state index in [9.17, 15) is 14.7 Å². The Morgan fingerprint density at radius 3 is 2.41 bits per heavy atom. The zero-order valence-corrected chi connectivity index (χ0v) is 10.2. The lowest BCUT2D eigenvalue weighted by atomic mass is 9.88. The first-order valence-electron chi connectivity index (χ1n) is 6.37. The number of hydrogen-bond donors (Lipinski definition) is 2. The van der Waals surface area contributed by atoms with Crippen LogP contribution in [0.4, 0.5) is 4.79 Å². The summed E-state index contributed by atoms with van der Waals surface area (Å²) in [4.78, 5) is 25.4. The van der Waals surface area contributed by atoms with E-state index in [1.165, 1.54) is 0 Å². The molecule has 2 fully saturated rings. The van der Waals surface area contributed by atoms with Crippen molar-refractivity contribution in [3.05, 3.63) is 0 Å². The van der Waals surface area contributed by atoms with Gasteiger partial charge in [-0.2, -0.15) is 0 Å². The van der Waals surface area contributed by atoms with Gasteiger partial charge in [-0.05, 0) is 19.8 Å². The molecule has 5 heteroatoms. The molecule has 1 aliphatic heterocycles. The molecule has 2 N–H and O–H groups in total. The summed E-state index contributed by atoms with van der Waals surface area (Å²) in [6.07, 6.45) is 5.01. The Bertz CT molecular complexity index is 320. The molecule has 1 spiro atoms. The van der Waals surface area contributed by atoms with Crippen LogP contribution in [0, 0.1) is 0 Å². The van der Waals surface area contributed by atoms with Crippen molar-refractivity contribution in [2.24, 2.45) is 0 Å². The number of amides is 3. The fourth-order valence-corrected chi connectivity index (χ4v) is 2.93. The predicted octanol–water partition coefficient (Wildman–Crippen LogP) is 1.01. The van der Waals surface area contributed by atoms with E-state index in [0.29, 0.717) is 0 Å². The first-order chi connectivity index (χ1) is 8.06. The van der Waals surface area contributed by atoms with Gasteiger partial charge in [0.1, 0.15) is 5.54 Å². The molecule has 17 heavy (non-hydrogen) atoms. The van der Waals surface area contributed by atoms with Crippen LogP contribution in [0.15, 0.2) is 0 Å². The SMILES string of the molecule is CC(O)CN1C(=O)NC(=O)C12CCCCCC2. The monoisotopic (exact) mass is 240 g/mol. The lowest BCUT2D eigenvalue weighted by Gasteiger charge is -2.35. The quantitative estimate of drug-likeness (QED) is 0.708. The highest BCUT2D eigenvalue weighted by molar-refractivity contribution is 6.07. The number of urea groups is 1. The maximum absolute atomic E-state index is 12.1. The summed E-state index contributed by atoms with van der Waals surface area (Å²) in [5, 5.41) is 11.9. The molecule has 0 radical (unpaired) electrons. The number of nitrogens with one attached hydrogen (secondary N) is 1. The van der Waals surface area contributed by atoms with E-state index in [2.05, 4.69) is 5.32 Å². The summed E-state index contributed by atoms with van der Waals surface area (Å²) in [5.74, 6) is -0.176. The Hall–Kier alpha value is -1.10. The smallest absolute Gasteiger partial charge is 0.325 e. The molecule has 0 aromatic carbocycles. The number of imide groups is 1. The molecule has 0 bridgehead atoms. The van der Waals surface area contributed by atoms with Crippen LogP contribution in [0.25, 0.3) is 0 Å². The topological polar surface area (TPSA) is 69.6 Å². The van der Waals surface area contributed by atoms with E-state index < -0.39 is 11.6 Å². The predicted molar refractivity (Wildman–Crippen MR) is 62.4 cm³/mol. The number of aliphatic hydroxyl groups is 1. The molecule has 1 unspecified atom stereocenters. The zero-order chi connectivity index (χ0) is 12.5. The van der Waals surface area contributed by atoms with Gasteiger partial charge in [-0.1, -0.05) is 25.7 Å². The van der Waals surface area contributed by atoms with Crippen LogP contribution in [0.2, 0.25) is 0 Å². The molecule has 3 amide bonds. The molecule has 0 aromatic rings. The van der Waals surface area contributed by atoms with Gasteiger partial charge >= 0.3 is 6.03 Å². The average molecular weight is 240 g/mol. The number of carbonyl (C=O) groups is 2. The molecule has 1 aliphatic carbocycles. The van der Waals surface area contributed by atoms with Crippen molar-refractivity contribution in [2.45, 2.75) is 57.1 Å². The van der Waals surface area contributed by atoms with Gasteiger partial charge in [-0.25, -0.2) is 4.79 Å². The summed E-state index contributed by atoms with van der Waals surface area (Å²) in [6.45, 7) is 1.87. The molecule has 1 atom stereocenters. The number of hydrogen-bond acceptors (Lipinski definition) is 3. The summed E-state index contributed by atoms with van der Waals surface area (Å²) >= 11 is 0. The fraction of sp³-hybridized carbons (Fsp3) is 0.833. The second-order valence-corrected chi connectivity index (χ2v) is 5.16. The lowest BCUT2D eigenvalue weighted by Crippen LogP contribution is -2.51. The van der Waals surface area contributed by atoms with Crippen molar-refractivity contribution in [3.8, 4) is 0 Å². The van der Waals surface area contributed by atoms with Crippen LogP contribution < -0.4 is 5.32 Å². The average Bonchev–Trinajstić information content (AvgIpc) is 2.48. The number of nitrogens with zero attached hydrogens (tertiary/aromatic N) is 1. The first kappa shape index (κ1) is 12.4. The summed E-state index contributed by atoms with van der Waals surface area (Å²) in [6, 6.07) is -0.349. The maximum atomic E-state index is 12.1. The molecular weight excluding hydrogens is 220 g/mol. The Kier molecular flexibility index (Phi) is 3.38. The van der Waals surface area contributed by atoms with Gasteiger partial charge in [0.2, 0.25) is 0 Å². The second kappa shape index (κ2) is 4.64. The van der Waals surface area contributed by atoms with Crippen molar-refractivity contribution in [1.82, 2.24) is 10.2 Å². The van der Waals surface area contributed by atoms with Crippen LogP contribution in [-0.4, -0.2) is 40.1 Å². The van der Waals surface area contributed by atoms with Crippen LogP contribution >= 0.6 is 0 Å². The van der Waals surface area contributed by atoms with Gasteiger partial charge in [0.25, 0.3) is 5.91 Å². The van der Waals surface area contributed by atoms with Crippen LogP contribution in [0.5, 0.6) is 0 Å². The Labute approximate surface area is 101 Å². The maximum Gasteiger partial charge on any atom is 0.325 e. The minimum Gasteiger partial charge on any atom is -0.392 e. The van der Waals surface area contributed by atoms with E-state index in [4.69, 9.17) is 0 Å². The number of β-amino-alcohol motifs (C(OH)–C–C–N with tert-alkyl or cyclic N) is 1. The van der Waals surface area contributed by atoms with E-state index in [0.717, 1.165) is 38.5 Å². The Morgan fingerprint density at radius 1 is 1.29 bits per heavy atom. The zero-order valence-electron chi connectivity index (χ0n) is 10.2. The van der Waals surface area contributed by atoms with Gasteiger partial charge in [0.15, 0.2) is 0 Å². The van der Waals surface area contributed by atoms with Gasteiger partial charge < -0.3 is 10.0 Å². The van der Waals surface area contributed by atoms with Gasteiger partial charge in [-0.15, -0.1) is 0 Å². The Balaban J connectivity index is 2.25. The highest BCUT2D eigenvalue weighted by Gasteiger charge is 2.52. The first-order valence-corrected chi connectivity index (χ1v) is 6.37. The number of aliphatic hydroxyl groups excluding tert-OH is 1. The molecule has 2 aliphatic rings. The fourth-order valence-electron chi connectivity index (χ4n) is 2.93. The van der Waals surface area contributed by atoms with Crippen LogP contribution in [0.3, 0.4) is 0 Å². The van der Waals surface area contributed by atoms with Gasteiger partial charge in [0, 0.05) is 6.54 Å². The highest BCUT2D eigenvalue weighted by atomic mass is 16.3. The van der Waals surface area contributed by atoms with Crippen molar-refractivity contribution in [1.29, 1.82) is 0 Å². The van der Waals surface area contributed by atoms with Crippen molar-refractivity contribution in [3.63, 3.8) is 0 Å². The van der Waals surface area contributed by atoms with E-state index in [-0.39, 0.29) is 18.5 Å². The minimum absolute atomic E-state index is 0.176. The van der Waals surface area contributed by atoms with Crippen LogP contribution in [-0.2, 0) is 4.79 Å². The van der Waals surface area contributed by atoms with E-state index in [1.54, 1.807) is 11.8 Å². The lowest BCUT2D eigenvalue weighted by molar-refractivity contribution is -0.127. The third-order valence-electron chi connectivity index (χ3n) is 3.78. The molecule has 1 heterocycles. The molecule has 0 aromatic heterocycles. The second-order valence-electron chi connectivity index (χ2n) is 5.16. The molecule has 1 saturated heterocycles. The van der Waals surface area contributed by atoms with Crippen molar-refractivity contribution < 1.29 is 14.7 Å². The van der Waals surface area contributed by atoms with E-state index in [1.807, 2.05) is 0 Å². The minimum atomic E-state index is -0.690. The van der Waals surface area contributed by atoms with Gasteiger partial charge in [-0.3, -0.25) is 10.1 Å². The third-order valence-corrected chi connectivity index (χ3v) is 3.78. The normalized spacial score (nSPS) is 25.9. The van der Waals surface area contributed by atoms with E-state index >= 15 is 0 Å². The largest absolute Gasteiger partial charge is 0.392 e.